The van der Waals surface area contributed by atoms with Crippen molar-refractivity contribution in [3.05, 3.63) is 41.6 Å². The molecule has 2 aromatic rings. The zero-order chi connectivity index (χ0) is 20.1. The summed E-state index contributed by atoms with van der Waals surface area (Å²) < 4.78 is 7.26. The van der Waals surface area contributed by atoms with Crippen LogP contribution in [0.25, 0.3) is 0 Å². The van der Waals surface area contributed by atoms with Gasteiger partial charge in [-0.3, -0.25) is 14.3 Å². The molecule has 150 valence electrons. The second-order valence-corrected chi connectivity index (χ2v) is 8.89. The molecule has 1 saturated heterocycles. The Balaban J connectivity index is 1.62. The molecule has 2 amide bonds. The van der Waals surface area contributed by atoms with Crippen LogP contribution in [0.15, 0.2) is 29.1 Å². The van der Waals surface area contributed by atoms with E-state index in [-0.39, 0.29) is 35.9 Å². The van der Waals surface area contributed by atoms with E-state index in [0.29, 0.717) is 0 Å². The van der Waals surface area contributed by atoms with Crippen LogP contribution >= 0.6 is 0 Å². The second-order valence-electron chi connectivity index (χ2n) is 8.89. The molecule has 0 radical (unpaired) electrons. The summed E-state index contributed by atoms with van der Waals surface area (Å²) in [5.74, 6) is 0.453. The minimum Gasteiger partial charge on any atom is -0.469 e. The number of rotatable bonds is 3. The van der Waals surface area contributed by atoms with Gasteiger partial charge in [-0.05, 0) is 39.7 Å². The van der Waals surface area contributed by atoms with Crippen molar-refractivity contribution in [3.63, 3.8) is 0 Å². The lowest BCUT2D eigenvalue weighted by Gasteiger charge is -2.38. The Hall–Kier alpha value is -2.57. The van der Waals surface area contributed by atoms with Gasteiger partial charge in [0.15, 0.2) is 0 Å². The van der Waals surface area contributed by atoms with Crippen LogP contribution in [-0.2, 0) is 23.1 Å². The van der Waals surface area contributed by atoms with Crippen LogP contribution in [0.5, 0.6) is 0 Å². The van der Waals surface area contributed by atoms with E-state index in [2.05, 4.69) is 10.4 Å². The van der Waals surface area contributed by atoms with Crippen LogP contribution in [0, 0.1) is 5.92 Å². The number of carbonyl (C=O) groups excluding carboxylic acids is 2. The van der Waals surface area contributed by atoms with Gasteiger partial charge in [-0.2, -0.15) is 5.10 Å². The number of nitrogens with one attached hydrogen (secondary N) is 1. The standard InChI is InChI=1S/C21H28N4O3/c1-21(2,3)25-18(26)10-15(19(25)13-11-22-24(4)12-13)20(27)23-16-6-5-7-17-14(16)8-9-28-17/h8-9,11-12,15-16,19H,5-7,10H2,1-4H3,(H,23,27). The lowest BCUT2D eigenvalue weighted by molar-refractivity contribution is -0.133. The maximum absolute atomic E-state index is 13.3. The summed E-state index contributed by atoms with van der Waals surface area (Å²) in [6.45, 7) is 6.02. The lowest BCUT2D eigenvalue weighted by Crippen LogP contribution is -2.45. The number of furan rings is 1. The minimum absolute atomic E-state index is 0.00847. The molecule has 0 spiro atoms. The number of fused-ring (bicyclic) bond motifs is 1. The first-order valence-corrected chi connectivity index (χ1v) is 9.93. The molecule has 0 bridgehead atoms. The highest BCUT2D eigenvalue weighted by molar-refractivity contribution is 5.91. The van der Waals surface area contributed by atoms with Gasteiger partial charge in [-0.1, -0.05) is 0 Å². The molecular formula is C21H28N4O3. The maximum atomic E-state index is 13.3. The molecule has 3 atom stereocenters. The van der Waals surface area contributed by atoms with E-state index in [1.807, 2.05) is 45.0 Å². The molecule has 2 aromatic heterocycles. The predicted molar refractivity (Wildman–Crippen MR) is 103 cm³/mol. The average molecular weight is 384 g/mol. The van der Waals surface area contributed by atoms with Gasteiger partial charge in [0.05, 0.1) is 30.5 Å². The largest absolute Gasteiger partial charge is 0.469 e. The second kappa shape index (κ2) is 6.79. The average Bonchev–Trinajstić information content (AvgIpc) is 3.32. The third-order valence-electron chi connectivity index (χ3n) is 5.82. The number of aryl methyl sites for hydroxylation is 2. The van der Waals surface area contributed by atoms with Gasteiger partial charge in [0, 0.05) is 42.8 Å². The molecule has 1 aliphatic carbocycles. The number of hydrogen-bond donors (Lipinski definition) is 1. The van der Waals surface area contributed by atoms with E-state index in [4.69, 9.17) is 4.42 Å². The number of hydrogen-bond acceptors (Lipinski definition) is 4. The molecule has 1 N–H and O–H groups in total. The van der Waals surface area contributed by atoms with E-state index < -0.39 is 5.92 Å². The Kier molecular flexibility index (Phi) is 4.56. The summed E-state index contributed by atoms with van der Waals surface area (Å²) in [4.78, 5) is 28.0. The topological polar surface area (TPSA) is 80.4 Å². The van der Waals surface area contributed by atoms with Gasteiger partial charge in [-0.15, -0.1) is 0 Å². The Morgan fingerprint density at radius 2 is 2.14 bits per heavy atom. The normalized spacial score (nSPS) is 25.1. The third-order valence-corrected chi connectivity index (χ3v) is 5.82. The monoisotopic (exact) mass is 384 g/mol. The molecule has 7 heteroatoms. The van der Waals surface area contributed by atoms with Gasteiger partial charge in [0.25, 0.3) is 0 Å². The molecular weight excluding hydrogens is 356 g/mol. The van der Waals surface area contributed by atoms with E-state index in [9.17, 15) is 9.59 Å². The first-order chi connectivity index (χ1) is 13.3. The third kappa shape index (κ3) is 3.23. The van der Waals surface area contributed by atoms with Crippen molar-refractivity contribution in [1.82, 2.24) is 20.0 Å². The first kappa shape index (κ1) is 18.8. The van der Waals surface area contributed by atoms with Crippen molar-refractivity contribution in [2.45, 2.75) is 64.1 Å². The molecule has 3 heterocycles. The Morgan fingerprint density at radius 1 is 1.36 bits per heavy atom. The molecule has 3 unspecified atom stereocenters. The summed E-state index contributed by atoms with van der Waals surface area (Å²) in [5.41, 5.74) is 1.58. The highest BCUT2D eigenvalue weighted by Crippen LogP contribution is 2.43. The smallest absolute Gasteiger partial charge is 0.226 e. The fraction of sp³-hybridized carbons (Fsp3) is 0.571. The number of likely N-dealkylation sites (tertiary alicyclic amines) is 1. The summed E-state index contributed by atoms with van der Waals surface area (Å²) >= 11 is 0. The van der Waals surface area contributed by atoms with Crippen molar-refractivity contribution < 1.29 is 14.0 Å². The summed E-state index contributed by atoms with van der Waals surface area (Å²) in [5, 5.41) is 7.47. The van der Waals surface area contributed by atoms with E-state index >= 15 is 0 Å². The Morgan fingerprint density at radius 3 is 2.82 bits per heavy atom. The van der Waals surface area contributed by atoms with Crippen LogP contribution < -0.4 is 5.32 Å². The van der Waals surface area contributed by atoms with E-state index in [1.54, 1.807) is 17.1 Å². The summed E-state index contributed by atoms with van der Waals surface area (Å²) in [6, 6.07) is 1.58. The van der Waals surface area contributed by atoms with Gasteiger partial charge in [0.2, 0.25) is 11.8 Å². The van der Waals surface area contributed by atoms with Gasteiger partial charge in [-0.25, -0.2) is 0 Å². The fourth-order valence-corrected chi connectivity index (χ4v) is 4.65. The highest BCUT2D eigenvalue weighted by atomic mass is 16.3. The zero-order valence-electron chi connectivity index (χ0n) is 16.9. The molecule has 0 aromatic carbocycles. The number of amides is 2. The molecule has 2 aliphatic rings. The zero-order valence-corrected chi connectivity index (χ0v) is 16.9. The maximum Gasteiger partial charge on any atom is 0.226 e. The van der Waals surface area contributed by atoms with Crippen molar-refractivity contribution >= 4 is 11.8 Å². The van der Waals surface area contributed by atoms with Crippen molar-refractivity contribution in [2.75, 3.05) is 0 Å². The van der Waals surface area contributed by atoms with Gasteiger partial charge in [0.1, 0.15) is 5.76 Å². The quantitative estimate of drug-likeness (QED) is 0.882. The first-order valence-electron chi connectivity index (χ1n) is 9.93. The summed E-state index contributed by atoms with van der Waals surface area (Å²) in [7, 11) is 1.85. The fourth-order valence-electron chi connectivity index (χ4n) is 4.65. The number of aromatic nitrogens is 2. The molecule has 0 saturated carbocycles. The molecule has 4 rings (SSSR count). The van der Waals surface area contributed by atoms with Crippen LogP contribution in [0.3, 0.4) is 0 Å². The van der Waals surface area contributed by atoms with Crippen molar-refractivity contribution in [2.24, 2.45) is 13.0 Å². The number of carbonyl (C=O) groups is 2. The van der Waals surface area contributed by atoms with Crippen LogP contribution in [-0.4, -0.2) is 32.0 Å². The minimum atomic E-state index is -0.437. The Bertz CT molecular complexity index is 892. The number of nitrogens with zero attached hydrogens (tertiary/aromatic N) is 3. The Labute approximate surface area is 165 Å². The summed E-state index contributed by atoms with van der Waals surface area (Å²) in [6.07, 6.45) is 8.34. The lowest BCUT2D eigenvalue weighted by atomic mass is 9.90. The van der Waals surface area contributed by atoms with Crippen molar-refractivity contribution in [1.29, 1.82) is 0 Å². The molecule has 1 aliphatic heterocycles. The van der Waals surface area contributed by atoms with Gasteiger partial charge >= 0.3 is 0 Å². The van der Waals surface area contributed by atoms with Crippen molar-refractivity contribution in [3.8, 4) is 0 Å². The molecule has 28 heavy (non-hydrogen) atoms. The molecule has 1 fully saturated rings. The predicted octanol–water partition coefficient (Wildman–Crippen LogP) is 2.90. The van der Waals surface area contributed by atoms with Crippen LogP contribution in [0.1, 0.15) is 69.0 Å². The highest BCUT2D eigenvalue weighted by Gasteiger charge is 2.49. The molecule has 7 nitrogen and oxygen atoms in total. The van der Waals surface area contributed by atoms with E-state index in [0.717, 1.165) is 36.1 Å². The van der Waals surface area contributed by atoms with E-state index in [1.165, 1.54) is 0 Å². The van der Waals surface area contributed by atoms with Crippen LogP contribution in [0.4, 0.5) is 0 Å². The van der Waals surface area contributed by atoms with Crippen LogP contribution in [0.2, 0.25) is 0 Å². The van der Waals surface area contributed by atoms with Gasteiger partial charge < -0.3 is 14.6 Å². The SMILES string of the molecule is Cn1cc(C2C(C(=O)NC3CCCc4occc43)CC(=O)N2C(C)(C)C)cn1.